The smallest absolute Gasteiger partial charge is 0.344 e. The number of ether oxygens (including phenoxy) is 4. The van der Waals surface area contributed by atoms with Gasteiger partial charge in [0.05, 0.1) is 31.4 Å². The van der Waals surface area contributed by atoms with Crippen LogP contribution < -0.4 is 18.9 Å². The molecule has 2 aromatic carbocycles. The van der Waals surface area contributed by atoms with Gasteiger partial charge in [-0.15, -0.1) is 0 Å². The molecule has 2 rings (SSSR count). The van der Waals surface area contributed by atoms with Crippen molar-refractivity contribution in [3.8, 4) is 17.2 Å². The molecule has 0 radical (unpaired) electrons. The summed E-state index contributed by atoms with van der Waals surface area (Å²) in [6.07, 6.45) is 0. The van der Waals surface area contributed by atoms with Crippen molar-refractivity contribution in [2.75, 3.05) is 32.2 Å². The molecule has 27 heavy (non-hydrogen) atoms. The summed E-state index contributed by atoms with van der Waals surface area (Å²) in [4.78, 5) is 11.3. The van der Waals surface area contributed by atoms with Gasteiger partial charge in [-0.05, 0) is 43.3 Å². The van der Waals surface area contributed by atoms with Crippen LogP contribution in [0.2, 0.25) is 0 Å². The molecule has 0 fully saturated rings. The third-order valence-electron chi connectivity index (χ3n) is 3.45. The molecule has 0 aromatic heterocycles. The lowest BCUT2D eigenvalue weighted by atomic mass is 10.3. The second-order valence-electron chi connectivity index (χ2n) is 5.24. The summed E-state index contributed by atoms with van der Waals surface area (Å²) in [5.41, 5.74) is 0.279. The van der Waals surface area contributed by atoms with Crippen LogP contribution in [0.15, 0.2) is 47.4 Å². The molecule has 0 atom stereocenters. The number of rotatable bonds is 9. The number of nitrogens with one attached hydrogen (secondary N) is 1. The molecule has 146 valence electrons. The average molecular weight is 395 g/mol. The lowest BCUT2D eigenvalue weighted by Crippen LogP contribution is -2.15. The minimum absolute atomic E-state index is 0.0313. The summed E-state index contributed by atoms with van der Waals surface area (Å²) >= 11 is 0. The number of hydrogen-bond acceptors (Lipinski definition) is 7. The van der Waals surface area contributed by atoms with Gasteiger partial charge in [-0.2, -0.15) is 0 Å². The number of methoxy groups -OCH3 is 2. The van der Waals surface area contributed by atoms with Gasteiger partial charge < -0.3 is 18.9 Å². The van der Waals surface area contributed by atoms with E-state index in [1.807, 2.05) is 0 Å². The molecule has 0 unspecified atom stereocenters. The number of benzene rings is 2. The molecule has 0 bridgehead atoms. The molecule has 0 saturated heterocycles. The van der Waals surface area contributed by atoms with E-state index in [-0.39, 0.29) is 23.8 Å². The molecule has 9 heteroatoms. The highest BCUT2D eigenvalue weighted by molar-refractivity contribution is 7.92. The van der Waals surface area contributed by atoms with E-state index < -0.39 is 16.0 Å². The third kappa shape index (κ3) is 5.52. The first-order chi connectivity index (χ1) is 12.9. The average Bonchev–Trinajstić information content (AvgIpc) is 2.67. The normalized spacial score (nSPS) is 10.8. The first-order valence-electron chi connectivity index (χ1n) is 8.03. The molecule has 0 aliphatic heterocycles. The maximum atomic E-state index is 12.6. The van der Waals surface area contributed by atoms with Crippen molar-refractivity contribution < 1.29 is 32.2 Å². The Hall–Kier alpha value is -2.94. The second kappa shape index (κ2) is 9.13. The lowest BCUT2D eigenvalue weighted by molar-refractivity contribution is -0.145. The number of esters is 1. The highest BCUT2D eigenvalue weighted by Gasteiger charge is 2.17. The van der Waals surface area contributed by atoms with Gasteiger partial charge in [-0.25, -0.2) is 13.2 Å². The Bertz CT molecular complexity index is 879. The van der Waals surface area contributed by atoms with E-state index in [0.29, 0.717) is 17.2 Å². The van der Waals surface area contributed by atoms with E-state index in [1.54, 1.807) is 25.1 Å². The summed E-state index contributed by atoms with van der Waals surface area (Å²) in [7, 11) is -0.903. The predicted octanol–water partition coefficient (Wildman–Crippen LogP) is 2.45. The van der Waals surface area contributed by atoms with Gasteiger partial charge in [-0.3, -0.25) is 4.72 Å². The third-order valence-corrected chi connectivity index (χ3v) is 4.83. The van der Waals surface area contributed by atoms with Gasteiger partial charge >= 0.3 is 5.97 Å². The Kier molecular flexibility index (Phi) is 6.89. The summed E-state index contributed by atoms with van der Waals surface area (Å²) in [6, 6.07) is 10.4. The molecule has 2 aromatic rings. The monoisotopic (exact) mass is 395 g/mol. The van der Waals surface area contributed by atoms with Crippen molar-refractivity contribution in [1.29, 1.82) is 0 Å². The maximum absolute atomic E-state index is 12.6. The Balaban J connectivity index is 2.12. The van der Waals surface area contributed by atoms with Crippen LogP contribution in [0, 0.1) is 0 Å². The predicted molar refractivity (Wildman–Crippen MR) is 98.9 cm³/mol. The standard InChI is InChI=1S/C18H21NO7S/c1-4-25-18(20)12-26-13-5-8-15(9-6-13)27(21,22)19-16-10-7-14(23-2)11-17(16)24-3/h5-11,19H,4,12H2,1-3H3. The van der Waals surface area contributed by atoms with Crippen molar-refractivity contribution >= 4 is 21.7 Å². The summed E-state index contributed by atoms with van der Waals surface area (Å²) < 4.78 is 47.9. The first kappa shape index (κ1) is 20.4. The molecule has 8 nitrogen and oxygen atoms in total. The van der Waals surface area contributed by atoms with Crippen molar-refractivity contribution in [3.63, 3.8) is 0 Å². The minimum atomic E-state index is -3.84. The Morgan fingerprint density at radius 2 is 1.67 bits per heavy atom. The van der Waals surface area contributed by atoms with Crippen LogP contribution in [0.3, 0.4) is 0 Å². The number of carbonyl (C=O) groups excluding carboxylic acids is 1. The van der Waals surface area contributed by atoms with E-state index in [1.165, 1.54) is 38.5 Å². The van der Waals surface area contributed by atoms with Gasteiger partial charge in [0.2, 0.25) is 0 Å². The quantitative estimate of drug-likeness (QED) is 0.651. The second-order valence-corrected chi connectivity index (χ2v) is 6.92. The molecule has 0 heterocycles. The zero-order valence-corrected chi connectivity index (χ0v) is 16.0. The number of anilines is 1. The zero-order valence-electron chi connectivity index (χ0n) is 15.2. The summed E-state index contributed by atoms with van der Waals surface area (Å²) in [5.74, 6) is 0.719. The van der Waals surface area contributed by atoms with Gasteiger partial charge in [-0.1, -0.05) is 0 Å². The fraction of sp³-hybridized carbons (Fsp3) is 0.278. The van der Waals surface area contributed by atoms with Crippen LogP contribution in [0.5, 0.6) is 17.2 Å². The van der Waals surface area contributed by atoms with Crippen molar-refractivity contribution in [2.45, 2.75) is 11.8 Å². The van der Waals surface area contributed by atoms with Gasteiger partial charge in [0.1, 0.15) is 17.2 Å². The topological polar surface area (TPSA) is 100 Å². The van der Waals surface area contributed by atoms with Crippen molar-refractivity contribution in [2.24, 2.45) is 0 Å². The Labute approximate surface area is 158 Å². The number of hydrogen-bond donors (Lipinski definition) is 1. The lowest BCUT2D eigenvalue weighted by Gasteiger charge is -2.13. The van der Waals surface area contributed by atoms with E-state index in [0.717, 1.165) is 0 Å². The molecule has 1 N–H and O–H groups in total. The zero-order chi connectivity index (χ0) is 19.9. The number of carbonyl (C=O) groups is 1. The Morgan fingerprint density at radius 3 is 2.26 bits per heavy atom. The SMILES string of the molecule is CCOC(=O)COc1ccc(S(=O)(=O)Nc2ccc(OC)cc2OC)cc1. The first-order valence-corrected chi connectivity index (χ1v) is 9.51. The number of sulfonamides is 1. The van der Waals surface area contributed by atoms with Crippen molar-refractivity contribution in [1.82, 2.24) is 0 Å². The molecule has 0 saturated carbocycles. The van der Waals surface area contributed by atoms with E-state index >= 15 is 0 Å². The van der Waals surface area contributed by atoms with Crippen LogP contribution >= 0.6 is 0 Å². The Morgan fingerprint density at radius 1 is 1.00 bits per heavy atom. The van der Waals surface area contributed by atoms with Crippen molar-refractivity contribution in [3.05, 3.63) is 42.5 Å². The highest BCUT2D eigenvalue weighted by atomic mass is 32.2. The molecular formula is C18H21NO7S. The molecule has 0 aliphatic carbocycles. The van der Waals surface area contributed by atoms with E-state index in [4.69, 9.17) is 18.9 Å². The van der Waals surface area contributed by atoms with Gasteiger partial charge in [0, 0.05) is 6.07 Å². The fourth-order valence-electron chi connectivity index (χ4n) is 2.15. The molecule has 0 aliphatic rings. The largest absolute Gasteiger partial charge is 0.497 e. The van der Waals surface area contributed by atoms with E-state index in [2.05, 4.69) is 4.72 Å². The molecule has 0 amide bonds. The van der Waals surface area contributed by atoms with Crippen LogP contribution in [0.25, 0.3) is 0 Å². The van der Waals surface area contributed by atoms with Crippen LogP contribution in [-0.2, 0) is 19.6 Å². The highest BCUT2D eigenvalue weighted by Crippen LogP contribution is 2.31. The fourth-order valence-corrected chi connectivity index (χ4v) is 3.22. The van der Waals surface area contributed by atoms with Crippen LogP contribution in [0.4, 0.5) is 5.69 Å². The van der Waals surface area contributed by atoms with Crippen LogP contribution in [-0.4, -0.2) is 41.8 Å². The summed E-state index contributed by atoms with van der Waals surface area (Å²) in [6.45, 7) is 1.71. The summed E-state index contributed by atoms with van der Waals surface area (Å²) in [5, 5.41) is 0. The van der Waals surface area contributed by atoms with E-state index in [9.17, 15) is 13.2 Å². The van der Waals surface area contributed by atoms with Gasteiger partial charge in [0.25, 0.3) is 10.0 Å². The molecule has 0 spiro atoms. The maximum Gasteiger partial charge on any atom is 0.344 e. The van der Waals surface area contributed by atoms with Crippen LogP contribution in [0.1, 0.15) is 6.92 Å². The van der Waals surface area contributed by atoms with Gasteiger partial charge in [0.15, 0.2) is 6.61 Å². The molecular weight excluding hydrogens is 374 g/mol. The minimum Gasteiger partial charge on any atom is -0.497 e.